The van der Waals surface area contributed by atoms with Crippen LogP contribution in [0.5, 0.6) is 0 Å². The van der Waals surface area contributed by atoms with Crippen LogP contribution < -0.4 is 0 Å². The van der Waals surface area contributed by atoms with E-state index in [9.17, 15) is 0 Å². The van der Waals surface area contributed by atoms with E-state index >= 15 is 0 Å². The predicted octanol–water partition coefficient (Wildman–Crippen LogP) is 34.3. The number of benzene rings is 23. The van der Waals surface area contributed by atoms with Gasteiger partial charge in [-0.15, -0.1) is 0 Å². The molecule has 0 saturated carbocycles. The van der Waals surface area contributed by atoms with Gasteiger partial charge in [0.2, 0.25) is 0 Å². The Morgan fingerprint density at radius 3 is 0.808 bits per heavy atom. The van der Waals surface area contributed by atoms with Gasteiger partial charge in [0.1, 0.15) is 0 Å². The highest BCUT2D eigenvalue weighted by atomic mass is 15.0. The molecule has 0 unspecified atom stereocenters. The summed E-state index contributed by atoms with van der Waals surface area (Å²) in [6, 6.07) is 167. The lowest BCUT2D eigenvalue weighted by Gasteiger charge is -2.14. The quantitative estimate of drug-likeness (QED) is 0.135. The van der Waals surface area contributed by atoms with E-state index in [1.165, 1.54) is 275 Å². The zero-order chi connectivity index (χ0) is 84.7. The minimum Gasteiger partial charge on any atom is -0.309 e. The Bertz CT molecular complexity index is 9570. The van der Waals surface area contributed by atoms with Gasteiger partial charge in [-0.25, -0.2) is 0 Å². The lowest BCUT2D eigenvalue weighted by atomic mass is 9.94. The Hall–Kier alpha value is -17.2. The van der Waals surface area contributed by atoms with Gasteiger partial charge < -0.3 is 18.3 Å². The second-order valence-corrected chi connectivity index (χ2v) is 35.5. The molecule has 0 N–H and O–H groups in total. The molecule has 4 heteroatoms. The van der Waals surface area contributed by atoms with Gasteiger partial charge in [0.15, 0.2) is 0 Å². The van der Waals surface area contributed by atoms with Crippen molar-refractivity contribution in [2.24, 2.45) is 0 Å². The summed E-state index contributed by atoms with van der Waals surface area (Å²) in [5.41, 5.74) is 40.0. The van der Waals surface area contributed by atoms with Gasteiger partial charge in [0, 0.05) is 65.5 Å². The van der Waals surface area contributed by atoms with E-state index in [0.29, 0.717) is 0 Å². The lowest BCUT2D eigenvalue weighted by molar-refractivity contribution is 1.18. The van der Waals surface area contributed by atoms with Crippen molar-refractivity contribution in [3.8, 4) is 134 Å². The van der Waals surface area contributed by atoms with Gasteiger partial charge in [-0.1, -0.05) is 334 Å². The molecule has 3 aliphatic rings. The van der Waals surface area contributed by atoms with Gasteiger partial charge in [0.05, 0.1) is 49.8 Å². The number of rotatable bonds is 8. The molecule has 4 nitrogen and oxygen atoms in total. The predicted molar refractivity (Wildman–Crippen MR) is 550 cm³/mol. The standard InChI is InChI=1S/C64H38N2.C62H36N2/c1-2-14-47-45(12-1)46-13-3-6-17-50(46)57-38-43(30-31-51(47)57)66-61-23-10-8-19-53(61)59-37-41(27-35-63(59)66)40-26-34-62-58(36-40)52-18-7-9-22-60(52)65(62)42-28-24-39(25-29-42)44-32-33-56-49-16-5-4-15-48(49)55-21-11-20-54(44)64(55)56;1-3-16-44-42(14-1)49-21-10-20-48-41(28-29-51(44)61(48)49)39-12-9-13-40(34-39)63-56-24-7-5-18-46(56)54-35-37(26-31-59(54)63)38-27-32-60-55(36-38)47-19-6-8-25-57(47)64(60)58-33-30-52-45-17-4-2-15-43(45)50-22-11-23-53(58)62(50)52/h1-38H;1-36H. The maximum Gasteiger partial charge on any atom is 0.0541 e. The molecule has 0 atom stereocenters. The first-order chi connectivity index (χ1) is 64.5. The number of aromatic nitrogens is 4. The Morgan fingerprint density at radius 2 is 0.377 bits per heavy atom. The molecule has 0 aliphatic heterocycles. The monoisotopic (exact) mass is 1640 g/mol. The second-order valence-electron chi connectivity index (χ2n) is 35.5. The molecule has 0 amide bonds. The molecule has 0 saturated heterocycles. The van der Waals surface area contributed by atoms with Crippen molar-refractivity contribution in [1.82, 2.24) is 18.3 Å². The molecule has 0 spiro atoms. The summed E-state index contributed by atoms with van der Waals surface area (Å²) in [5, 5.41) is 25.7. The smallest absolute Gasteiger partial charge is 0.0541 e. The van der Waals surface area contributed by atoms with Crippen LogP contribution in [-0.2, 0) is 0 Å². The molecule has 3 aliphatic carbocycles. The summed E-state index contributed by atoms with van der Waals surface area (Å²) in [5.74, 6) is 0. The van der Waals surface area contributed by atoms with Crippen LogP contribution >= 0.6 is 0 Å². The fourth-order valence-electron chi connectivity index (χ4n) is 23.4. The first-order valence-corrected chi connectivity index (χ1v) is 45.2. The first-order valence-electron chi connectivity index (χ1n) is 45.2. The molecular weight excluding hydrogens is 1570 g/mol. The molecule has 4 aromatic heterocycles. The topological polar surface area (TPSA) is 19.7 Å². The molecule has 23 aromatic carbocycles. The van der Waals surface area contributed by atoms with E-state index in [2.05, 4.69) is 467 Å². The van der Waals surface area contributed by atoms with Crippen LogP contribution in [0.1, 0.15) is 0 Å². The number of hydrogen-bond acceptors (Lipinski definition) is 0. The summed E-state index contributed by atoms with van der Waals surface area (Å²) in [6.45, 7) is 0. The van der Waals surface area contributed by atoms with E-state index in [-0.39, 0.29) is 0 Å². The van der Waals surface area contributed by atoms with Crippen molar-refractivity contribution in [2.75, 3.05) is 0 Å². The van der Waals surface area contributed by atoms with Gasteiger partial charge in [-0.2, -0.15) is 0 Å². The zero-order valence-electron chi connectivity index (χ0n) is 70.5. The molecule has 0 radical (unpaired) electrons. The highest BCUT2D eigenvalue weighted by Gasteiger charge is 2.29. The number of hydrogen-bond donors (Lipinski definition) is 0. The maximum absolute atomic E-state index is 2.48. The van der Waals surface area contributed by atoms with Crippen LogP contribution in [0.3, 0.4) is 0 Å². The fraction of sp³-hybridized carbons (Fsp3) is 0. The van der Waals surface area contributed by atoms with Crippen molar-refractivity contribution in [2.45, 2.75) is 0 Å². The summed E-state index contributed by atoms with van der Waals surface area (Å²) >= 11 is 0. The Kier molecular flexibility index (Phi) is 14.9. The molecule has 30 rings (SSSR count). The van der Waals surface area contributed by atoms with Gasteiger partial charge in [-0.3, -0.25) is 0 Å². The van der Waals surface area contributed by atoms with Gasteiger partial charge >= 0.3 is 0 Å². The third-order valence-electron chi connectivity index (χ3n) is 29.1. The third-order valence-corrected chi connectivity index (χ3v) is 29.1. The SMILES string of the molecule is c1cc(-c2ccc3c4c(cccc24)-c2ccccc2-3)cc(-n2c3ccccc3c3cc(-c4ccc5c(c4)c4ccccc4n5-c4ccc5c6c(cccc46)-c4ccccc4-5)ccc32)c1.c1ccc2c(c1)-c1cccc3c(-c4ccc(-n5c6ccccc6c6cc(-c7ccc8c(c7)c7ccccc7n8-c7ccc8c9ccccc9c9ccccc9c8c7)ccc65)cc4)ccc-2c13. The van der Waals surface area contributed by atoms with Gasteiger partial charge in [-0.05, 0) is 286 Å². The largest absolute Gasteiger partial charge is 0.309 e. The maximum atomic E-state index is 2.48. The highest BCUT2D eigenvalue weighted by molar-refractivity contribution is 6.27. The molecule has 0 fully saturated rings. The summed E-state index contributed by atoms with van der Waals surface area (Å²) in [6.07, 6.45) is 0. The summed E-state index contributed by atoms with van der Waals surface area (Å²) in [7, 11) is 0. The normalized spacial score (nSPS) is 12.3. The average molecular weight is 1640 g/mol. The summed E-state index contributed by atoms with van der Waals surface area (Å²) < 4.78 is 9.80. The molecule has 4 heterocycles. The van der Waals surface area contributed by atoms with E-state index < -0.39 is 0 Å². The van der Waals surface area contributed by atoms with Crippen LogP contribution in [0.4, 0.5) is 0 Å². The van der Waals surface area contributed by atoms with Crippen LogP contribution in [0.2, 0.25) is 0 Å². The van der Waals surface area contributed by atoms with Crippen LogP contribution in [0.15, 0.2) is 449 Å². The van der Waals surface area contributed by atoms with E-state index in [4.69, 9.17) is 0 Å². The Morgan fingerprint density at radius 1 is 0.108 bits per heavy atom. The van der Waals surface area contributed by atoms with Crippen molar-refractivity contribution < 1.29 is 0 Å². The molecular formula is C126H74N4. The van der Waals surface area contributed by atoms with E-state index in [1.807, 2.05) is 0 Å². The van der Waals surface area contributed by atoms with Crippen molar-refractivity contribution >= 4 is 152 Å². The fourth-order valence-corrected chi connectivity index (χ4v) is 23.4. The molecule has 130 heavy (non-hydrogen) atoms. The van der Waals surface area contributed by atoms with E-state index in [1.54, 1.807) is 0 Å². The van der Waals surface area contributed by atoms with Gasteiger partial charge in [0.25, 0.3) is 0 Å². The van der Waals surface area contributed by atoms with Crippen LogP contribution in [0.25, 0.3) is 286 Å². The minimum absolute atomic E-state index is 1.15. The minimum atomic E-state index is 1.15. The molecule has 598 valence electrons. The van der Waals surface area contributed by atoms with Crippen molar-refractivity contribution in [1.29, 1.82) is 0 Å². The third kappa shape index (κ3) is 10.1. The van der Waals surface area contributed by atoms with Crippen molar-refractivity contribution in [3.63, 3.8) is 0 Å². The van der Waals surface area contributed by atoms with Crippen LogP contribution in [-0.4, -0.2) is 18.3 Å². The van der Waals surface area contributed by atoms with Crippen molar-refractivity contribution in [3.05, 3.63) is 449 Å². The summed E-state index contributed by atoms with van der Waals surface area (Å²) in [4.78, 5) is 0. The highest BCUT2D eigenvalue weighted by Crippen LogP contribution is 2.55. The first kappa shape index (κ1) is 71.1. The number of para-hydroxylation sites is 4. The number of nitrogens with zero attached hydrogens (tertiary/aromatic N) is 4. The van der Waals surface area contributed by atoms with Crippen LogP contribution in [0, 0.1) is 0 Å². The molecule has 0 bridgehead atoms. The Labute approximate surface area is 747 Å². The zero-order valence-corrected chi connectivity index (χ0v) is 70.5. The average Bonchev–Trinajstić information content (AvgIpc) is 1.50. The van der Waals surface area contributed by atoms with E-state index in [0.717, 1.165) is 11.4 Å². The molecule has 27 aromatic rings. The Balaban J connectivity index is 0.000000128. The number of fused-ring (bicyclic) bond motifs is 27. The second kappa shape index (κ2) is 27.2. The lowest BCUT2D eigenvalue weighted by Crippen LogP contribution is -1.96.